The van der Waals surface area contributed by atoms with Gasteiger partial charge in [0.15, 0.2) is 17.5 Å². The van der Waals surface area contributed by atoms with Crippen LogP contribution in [0.15, 0.2) is 47.5 Å². The van der Waals surface area contributed by atoms with Crippen LogP contribution in [0.25, 0.3) is 0 Å². The minimum absolute atomic E-state index is 0.109. The van der Waals surface area contributed by atoms with Gasteiger partial charge in [0, 0.05) is 23.4 Å². The Balaban J connectivity index is 1.59. The van der Waals surface area contributed by atoms with Crippen molar-refractivity contribution in [1.29, 1.82) is 0 Å². The lowest BCUT2D eigenvalue weighted by molar-refractivity contribution is -0.119. The highest BCUT2D eigenvalue weighted by molar-refractivity contribution is 5.93. The average Bonchev–Trinajstić information content (AvgIpc) is 3.27. The second-order valence-electron chi connectivity index (χ2n) is 7.07. The molecule has 0 bridgehead atoms. The van der Waals surface area contributed by atoms with Crippen molar-refractivity contribution < 1.29 is 14.3 Å². The van der Waals surface area contributed by atoms with E-state index >= 15 is 0 Å². The highest BCUT2D eigenvalue weighted by Gasteiger charge is 2.22. The van der Waals surface area contributed by atoms with E-state index in [1.165, 1.54) is 0 Å². The van der Waals surface area contributed by atoms with E-state index in [2.05, 4.69) is 15.6 Å². The van der Waals surface area contributed by atoms with E-state index in [-0.39, 0.29) is 17.8 Å². The molecule has 2 aromatic rings. The number of aliphatic imine (C=N–C) groups is 1. The molecule has 1 fully saturated rings. The molecule has 1 amide bonds. The summed E-state index contributed by atoms with van der Waals surface area (Å²) in [6, 6.07) is 13.1. The first-order chi connectivity index (χ1) is 14.1. The van der Waals surface area contributed by atoms with E-state index in [1.54, 1.807) is 26.4 Å². The van der Waals surface area contributed by atoms with Crippen molar-refractivity contribution in [2.45, 2.75) is 32.2 Å². The predicted octanol–water partition coefficient (Wildman–Crippen LogP) is 3.76. The molecule has 1 aliphatic rings. The third-order valence-electron chi connectivity index (χ3n) is 5.01. The van der Waals surface area contributed by atoms with Gasteiger partial charge in [-0.15, -0.1) is 0 Å². The number of amides is 1. The zero-order chi connectivity index (χ0) is 20.6. The molecule has 0 unspecified atom stereocenters. The lowest BCUT2D eigenvalue weighted by Crippen LogP contribution is -2.22. The molecule has 0 aliphatic heterocycles. The number of ether oxygens (including phenoxy) is 2. The van der Waals surface area contributed by atoms with Crippen molar-refractivity contribution in [3.63, 3.8) is 0 Å². The van der Waals surface area contributed by atoms with Crippen molar-refractivity contribution >= 4 is 23.2 Å². The molecule has 0 aromatic heterocycles. The van der Waals surface area contributed by atoms with Crippen LogP contribution in [-0.2, 0) is 11.3 Å². The maximum absolute atomic E-state index is 12.3. The van der Waals surface area contributed by atoms with Crippen molar-refractivity contribution in [2.24, 2.45) is 16.6 Å². The van der Waals surface area contributed by atoms with E-state index in [9.17, 15) is 4.79 Å². The van der Waals surface area contributed by atoms with Gasteiger partial charge in [0.1, 0.15) is 0 Å². The molecule has 0 spiro atoms. The van der Waals surface area contributed by atoms with Gasteiger partial charge in [0.05, 0.1) is 20.8 Å². The Morgan fingerprint density at radius 1 is 1.03 bits per heavy atom. The summed E-state index contributed by atoms with van der Waals surface area (Å²) in [6.45, 7) is 0.402. The van der Waals surface area contributed by atoms with Crippen molar-refractivity contribution in [3.8, 4) is 11.5 Å². The lowest BCUT2D eigenvalue weighted by Gasteiger charge is -2.12. The number of carbonyl (C=O) groups excluding carboxylic acids is 1. The fourth-order valence-electron chi connectivity index (χ4n) is 3.46. The third-order valence-corrected chi connectivity index (χ3v) is 5.01. The van der Waals surface area contributed by atoms with Gasteiger partial charge in [-0.3, -0.25) is 4.79 Å². The maximum Gasteiger partial charge on any atom is 0.227 e. The summed E-state index contributed by atoms with van der Waals surface area (Å²) in [5.41, 5.74) is 8.52. The normalized spacial score (nSPS) is 14.5. The number of anilines is 2. The molecular formula is C22H28N4O3. The molecule has 0 radical (unpaired) electrons. The molecule has 29 heavy (non-hydrogen) atoms. The number of hydrogen-bond acceptors (Lipinski definition) is 4. The Labute approximate surface area is 171 Å². The summed E-state index contributed by atoms with van der Waals surface area (Å²) in [5, 5.41) is 6.06. The molecular weight excluding hydrogens is 368 g/mol. The largest absolute Gasteiger partial charge is 0.493 e. The standard InChI is InChI=1S/C22H28N4O3/c1-28-19-11-10-18(13-20(19)29-2)26-22(23)24-14-15-6-5-9-17(12-15)25-21(27)16-7-3-4-8-16/h5-6,9-13,16H,3-4,7-8,14H2,1-2H3,(H,25,27)(H3,23,24,26). The monoisotopic (exact) mass is 396 g/mol. The first-order valence-electron chi connectivity index (χ1n) is 9.78. The minimum Gasteiger partial charge on any atom is -0.493 e. The van der Waals surface area contributed by atoms with E-state index in [0.29, 0.717) is 18.0 Å². The van der Waals surface area contributed by atoms with Crippen molar-refractivity contribution in [1.82, 2.24) is 0 Å². The molecule has 2 aromatic carbocycles. The number of benzene rings is 2. The first kappa shape index (κ1) is 20.5. The Morgan fingerprint density at radius 2 is 1.76 bits per heavy atom. The zero-order valence-corrected chi connectivity index (χ0v) is 16.9. The van der Waals surface area contributed by atoms with Crippen LogP contribution in [0.5, 0.6) is 11.5 Å². The van der Waals surface area contributed by atoms with Crippen LogP contribution in [0.4, 0.5) is 11.4 Å². The quantitative estimate of drug-likeness (QED) is 0.489. The predicted molar refractivity (Wildman–Crippen MR) is 116 cm³/mol. The number of nitrogens with two attached hydrogens (primary N) is 1. The fraction of sp³-hybridized carbons (Fsp3) is 0.364. The molecule has 0 saturated heterocycles. The van der Waals surface area contributed by atoms with Gasteiger partial charge in [-0.25, -0.2) is 4.99 Å². The van der Waals surface area contributed by atoms with Crippen molar-refractivity contribution in [3.05, 3.63) is 48.0 Å². The highest BCUT2D eigenvalue weighted by Crippen LogP contribution is 2.29. The average molecular weight is 396 g/mol. The molecule has 7 heteroatoms. The van der Waals surface area contributed by atoms with Crippen LogP contribution in [-0.4, -0.2) is 26.1 Å². The van der Waals surface area contributed by atoms with Crippen LogP contribution in [0.1, 0.15) is 31.2 Å². The number of nitrogens with one attached hydrogen (secondary N) is 2. The summed E-state index contributed by atoms with van der Waals surface area (Å²) in [5.74, 6) is 1.79. The van der Waals surface area contributed by atoms with Crippen molar-refractivity contribution in [2.75, 3.05) is 24.9 Å². The topological polar surface area (TPSA) is 98.0 Å². The van der Waals surface area contributed by atoms with Gasteiger partial charge in [0.25, 0.3) is 0 Å². The van der Waals surface area contributed by atoms with Gasteiger partial charge < -0.3 is 25.8 Å². The Bertz CT molecular complexity index is 876. The van der Waals surface area contributed by atoms with E-state index in [0.717, 1.165) is 42.6 Å². The number of methoxy groups -OCH3 is 2. The summed E-state index contributed by atoms with van der Waals surface area (Å²) >= 11 is 0. The number of hydrogen-bond donors (Lipinski definition) is 3. The second-order valence-corrected chi connectivity index (χ2v) is 7.07. The summed E-state index contributed by atoms with van der Waals surface area (Å²) in [6.07, 6.45) is 4.24. The molecule has 4 N–H and O–H groups in total. The summed E-state index contributed by atoms with van der Waals surface area (Å²) in [4.78, 5) is 16.7. The van der Waals surface area contributed by atoms with Crippen LogP contribution < -0.4 is 25.8 Å². The Morgan fingerprint density at radius 3 is 2.48 bits per heavy atom. The smallest absolute Gasteiger partial charge is 0.227 e. The molecule has 154 valence electrons. The summed E-state index contributed by atoms with van der Waals surface area (Å²) < 4.78 is 10.5. The fourth-order valence-corrected chi connectivity index (χ4v) is 3.46. The molecule has 0 atom stereocenters. The van der Waals surface area contributed by atoms with E-state index < -0.39 is 0 Å². The first-order valence-corrected chi connectivity index (χ1v) is 9.78. The third kappa shape index (κ3) is 5.63. The lowest BCUT2D eigenvalue weighted by atomic mass is 10.1. The van der Waals surface area contributed by atoms with E-state index in [1.807, 2.05) is 30.3 Å². The minimum atomic E-state index is 0.109. The molecule has 3 rings (SSSR count). The van der Waals surface area contributed by atoms with Crippen LogP contribution in [0, 0.1) is 5.92 Å². The molecule has 0 heterocycles. The number of guanidine groups is 1. The SMILES string of the molecule is COc1ccc(NC(N)=NCc2cccc(NC(=O)C3CCCC3)c2)cc1OC. The van der Waals surface area contributed by atoms with Crippen LogP contribution >= 0.6 is 0 Å². The van der Waals surface area contributed by atoms with Gasteiger partial charge in [-0.05, 0) is 42.7 Å². The number of carbonyl (C=O) groups is 1. The molecule has 1 aliphatic carbocycles. The van der Waals surface area contributed by atoms with Gasteiger partial charge in [0.2, 0.25) is 5.91 Å². The maximum atomic E-state index is 12.3. The molecule has 1 saturated carbocycles. The van der Waals surface area contributed by atoms with Gasteiger partial charge in [-0.1, -0.05) is 25.0 Å². The summed E-state index contributed by atoms with van der Waals surface area (Å²) in [7, 11) is 3.17. The highest BCUT2D eigenvalue weighted by atomic mass is 16.5. The Kier molecular flexibility index (Phi) is 6.94. The van der Waals surface area contributed by atoms with E-state index in [4.69, 9.17) is 15.2 Å². The number of nitrogens with zero attached hydrogens (tertiary/aromatic N) is 1. The Hall–Kier alpha value is -3.22. The van der Waals surface area contributed by atoms with Crippen LogP contribution in [0.3, 0.4) is 0 Å². The van der Waals surface area contributed by atoms with Crippen LogP contribution in [0.2, 0.25) is 0 Å². The molecule has 7 nitrogen and oxygen atoms in total. The van der Waals surface area contributed by atoms with Gasteiger partial charge in [-0.2, -0.15) is 0 Å². The van der Waals surface area contributed by atoms with Gasteiger partial charge >= 0.3 is 0 Å². The second kappa shape index (κ2) is 9.82. The number of rotatable bonds is 7. The zero-order valence-electron chi connectivity index (χ0n) is 16.9.